The van der Waals surface area contributed by atoms with Crippen molar-refractivity contribution >= 4 is 47.5 Å². The summed E-state index contributed by atoms with van der Waals surface area (Å²) in [4.78, 5) is 85.9. The monoisotopic (exact) mass is 1060 g/mol. The first-order chi connectivity index (χ1) is 35.7. The van der Waals surface area contributed by atoms with Gasteiger partial charge in [-0.2, -0.15) is 0 Å². The van der Waals surface area contributed by atoms with Gasteiger partial charge in [-0.1, -0.05) is 40.7 Å². The van der Waals surface area contributed by atoms with Crippen LogP contribution < -0.4 is 16.0 Å². The van der Waals surface area contributed by atoms with Crippen molar-refractivity contribution in [2.24, 2.45) is 17.8 Å². The van der Waals surface area contributed by atoms with Crippen molar-refractivity contribution in [3.05, 3.63) is 29.3 Å². The minimum absolute atomic E-state index is 0.0155. The molecule has 1 fully saturated rings. The van der Waals surface area contributed by atoms with E-state index in [9.17, 15) is 33.6 Å². The van der Waals surface area contributed by atoms with Crippen LogP contribution >= 0.6 is 0 Å². The molecule has 1 aromatic rings. The topological polar surface area (TPSA) is 264 Å². The number of hydrogen-bond donors (Lipinski definition) is 3. The Morgan fingerprint density at radius 3 is 1.68 bits per heavy atom. The van der Waals surface area contributed by atoms with Crippen LogP contribution in [0.1, 0.15) is 65.0 Å². The Kier molecular flexibility index (Phi) is 39.8. The molecule has 0 aliphatic carbocycles. The van der Waals surface area contributed by atoms with Crippen molar-refractivity contribution in [2.45, 2.75) is 73.1 Å². The molecule has 1 aromatic carbocycles. The molecule has 424 valence electrons. The van der Waals surface area contributed by atoms with E-state index in [1.54, 1.807) is 65.1 Å². The summed E-state index contributed by atoms with van der Waals surface area (Å²) >= 11 is 0. The summed E-state index contributed by atoms with van der Waals surface area (Å²) in [5.41, 5.74) is 1.87. The number of aldehydes is 1. The third kappa shape index (κ3) is 32.7. The summed E-state index contributed by atoms with van der Waals surface area (Å²) in [6, 6.07) is 4.74. The van der Waals surface area contributed by atoms with Crippen LogP contribution in [0, 0.1) is 17.8 Å². The van der Waals surface area contributed by atoms with Crippen LogP contribution in [0.5, 0.6) is 0 Å². The van der Waals surface area contributed by atoms with Crippen molar-refractivity contribution in [3.63, 3.8) is 0 Å². The summed E-state index contributed by atoms with van der Waals surface area (Å²) in [6.45, 7) is 17.7. The quantitative estimate of drug-likeness (QED) is 0.0364. The molecule has 74 heavy (non-hydrogen) atoms. The molecule has 3 N–H and O–H groups in total. The zero-order valence-electron chi connectivity index (χ0n) is 45.2. The van der Waals surface area contributed by atoms with Crippen molar-refractivity contribution < 1.29 is 85.7 Å². The van der Waals surface area contributed by atoms with Crippen LogP contribution in [-0.2, 0) is 98.8 Å². The largest absolute Gasteiger partial charge is 0.461 e. The van der Waals surface area contributed by atoms with Gasteiger partial charge >= 0.3 is 5.97 Å². The highest BCUT2D eigenvalue weighted by atomic mass is 16.6. The molecule has 1 heterocycles. The molecule has 1 aliphatic heterocycles. The molecule has 1 saturated heterocycles. The first-order valence-corrected chi connectivity index (χ1v) is 25.4. The zero-order chi connectivity index (χ0) is 54.8. The zero-order valence-corrected chi connectivity index (χ0v) is 45.2. The van der Waals surface area contributed by atoms with Gasteiger partial charge in [-0.3, -0.25) is 33.7 Å². The Hall–Kier alpha value is -4.53. The second kappa shape index (κ2) is 43.7. The SMILES string of the molecule is CC1CC(=O)N(CCOCCOCCC=O)C1=O.CNC(C(=O)NCC(=O)Nc1ccc(COC(=O)C(C)C)c(CN(C)C(=O)CCOCCOCCOCCOCCOCCOCCOCCOC)c1)C(C)C. The Bertz CT molecular complexity index is 1720. The number of benzene rings is 1. The number of hydrogen-bond acceptors (Lipinski definition) is 19. The number of imide groups is 1. The van der Waals surface area contributed by atoms with Crippen LogP contribution in [-0.4, -0.2) is 217 Å². The first-order valence-electron chi connectivity index (χ1n) is 25.4. The number of nitrogens with zero attached hydrogens (tertiary/aromatic N) is 2. The van der Waals surface area contributed by atoms with Crippen molar-refractivity contribution in [1.29, 1.82) is 0 Å². The highest BCUT2D eigenvalue weighted by Gasteiger charge is 2.35. The molecule has 0 spiro atoms. The van der Waals surface area contributed by atoms with Crippen LogP contribution in [0.15, 0.2) is 18.2 Å². The predicted octanol–water partition coefficient (Wildman–Crippen LogP) is 1.80. The molecule has 0 radical (unpaired) electrons. The number of likely N-dealkylation sites (N-methyl/N-ethyl adjacent to an activating group) is 1. The number of likely N-dealkylation sites (tertiary alicyclic amines) is 1. The van der Waals surface area contributed by atoms with Gasteiger partial charge in [-0.25, -0.2) is 0 Å². The average Bonchev–Trinajstić information content (AvgIpc) is 3.61. The number of carbonyl (C=O) groups is 7. The Morgan fingerprint density at radius 1 is 0.716 bits per heavy atom. The summed E-state index contributed by atoms with van der Waals surface area (Å²) in [5.74, 6) is -1.86. The highest BCUT2D eigenvalue weighted by Crippen LogP contribution is 2.20. The molecule has 0 aromatic heterocycles. The molecule has 2 atom stereocenters. The second-order valence-electron chi connectivity index (χ2n) is 17.5. The van der Waals surface area contributed by atoms with E-state index in [-0.39, 0.29) is 80.1 Å². The number of nitrogens with one attached hydrogen (secondary N) is 3. The number of rotatable bonds is 44. The van der Waals surface area contributed by atoms with Gasteiger partial charge in [0.05, 0.1) is 157 Å². The molecule has 0 bridgehead atoms. The molecule has 23 nitrogen and oxygen atoms in total. The number of methoxy groups -OCH3 is 1. The predicted molar refractivity (Wildman–Crippen MR) is 272 cm³/mol. The summed E-state index contributed by atoms with van der Waals surface area (Å²) in [6.07, 6.45) is 1.64. The van der Waals surface area contributed by atoms with Crippen LogP contribution in [0.3, 0.4) is 0 Å². The fourth-order valence-electron chi connectivity index (χ4n) is 6.51. The van der Waals surface area contributed by atoms with Crippen molar-refractivity contribution in [2.75, 3.05) is 165 Å². The summed E-state index contributed by atoms with van der Waals surface area (Å²) in [7, 11) is 5.00. The van der Waals surface area contributed by atoms with Gasteiger partial charge in [-0.15, -0.1) is 0 Å². The molecule has 2 rings (SSSR count). The average molecular weight is 1060 g/mol. The number of anilines is 1. The molecule has 5 amide bonds. The third-order valence-corrected chi connectivity index (χ3v) is 10.7. The summed E-state index contributed by atoms with van der Waals surface area (Å²) in [5, 5.41) is 8.39. The van der Waals surface area contributed by atoms with Gasteiger partial charge in [0, 0.05) is 45.1 Å². The van der Waals surface area contributed by atoms with Crippen molar-refractivity contribution in [3.8, 4) is 0 Å². The number of esters is 1. The van der Waals surface area contributed by atoms with E-state index in [0.29, 0.717) is 155 Å². The molecule has 23 heteroatoms. The maximum Gasteiger partial charge on any atom is 0.308 e. The maximum atomic E-state index is 12.9. The third-order valence-electron chi connectivity index (χ3n) is 10.7. The van der Waals surface area contributed by atoms with E-state index in [2.05, 4.69) is 16.0 Å². The smallest absolute Gasteiger partial charge is 0.308 e. The fraction of sp³-hybridized carbons (Fsp3) is 0.745. The van der Waals surface area contributed by atoms with Crippen LogP contribution in [0.4, 0.5) is 5.69 Å². The number of carbonyl (C=O) groups excluding carboxylic acids is 7. The van der Waals surface area contributed by atoms with Gasteiger partial charge in [0.1, 0.15) is 12.9 Å². The molecular weight excluding hydrogens is 971 g/mol. The lowest BCUT2D eigenvalue weighted by atomic mass is 10.0. The fourth-order valence-corrected chi connectivity index (χ4v) is 6.51. The van der Waals surface area contributed by atoms with Gasteiger partial charge in [0.25, 0.3) is 0 Å². The van der Waals surface area contributed by atoms with E-state index in [4.69, 9.17) is 52.1 Å². The van der Waals surface area contributed by atoms with Gasteiger partial charge in [0.15, 0.2) is 0 Å². The lowest BCUT2D eigenvalue weighted by molar-refractivity contribution is -0.148. The molecule has 1 aliphatic rings. The first kappa shape index (κ1) is 67.5. The normalized spacial score (nSPS) is 13.8. The number of ether oxygens (including phenoxy) is 11. The van der Waals surface area contributed by atoms with Crippen LogP contribution in [0.25, 0.3) is 0 Å². The number of amides is 5. The van der Waals surface area contributed by atoms with Gasteiger partial charge in [-0.05, 0) is 36.2 Å². The van der Waals surface area contributed by atoms with Crippen LogP contribution in [0.2, 0.25) is 0 Å². The molecule has 0 saturated carbocycles. The Labute approximate surface area is 437 Å². The minimum Gasteiger partial charge on any atom is -0.461 e. The molecule has 2 unspecified atom stereocenters. The Morgan fingerprint density at radius 2 is 1.22 bits per heavy atom. The highest BCUT2D eigenvalue weighted by molar-refractivity contribution is 6.03. The van der Waals surface area contributed by atoms with Gasteiger partial charge < -0.3 is 77.8 Å². The van der Waals surface area contributed by atoms with E-state index >= 15 is 0 Å². The van der Waals surface area contributed by atoms with Crippen molar-refractivity contribution in [1.82, 2.24) is 20.4 Å². The molecular formula is C51H87N5O18. The second-order valence-corrected chi connectivity index (χ2v) is 17.5. The standard InChI is InChI=1S/C39H68N4O13.C12H19NO5/c1-30(2)37(40-5)38(46)41-27-35(44)42-34-9-8-32(29-56-39(47)31(3)4)33(26-34)28-43(6)36(45)10-11-49-14-15-51-18-19-53-22-23-55-25-24-54-21-20-52-17-16-50-13-12-48-7;1-10-9-11(15)13(12(10)16)3-6-18-8-7-17-5-2-4-14/h8-9,26,30-31,37,40H,10-25,27-29H2,1-7H3,(H,41,46)(H,42,44);4,10H,2-3,5-9H2,1H3. The van der Waals surface area contributed by atoms with E-state index in [1.807, 2.05) is 13.8 Å². The lowest BCUT2D eigenvalue weighted by Gasteiger charge is -2.21. The summed E-state index contributed by atoms with van der Waals surface area (Å²) < 4.78 is 59.0. The van der Waals surface area contributed by atoms with Gasteiger partial charge in [0.2, 0.25) is 29.5 Å². The maximum absolute atomic E-state index is 12.9. The minimum atomic E-state index is -0.422. The van der Waals surface area contributed by atoms with E-state index in [1.165, 1.54) is 4.90 Å². The van der Waals surface area contributed by atoms with E-state index in [0.717, 1.165) is 6.29 Å². The Balaban J connectivity index is 0.00000127. The van der Waals surface area contributed by atoms with E-state index < -0.39 is 11.9 Å². The lowest BCUT2D eigenvalue weighted by Crippen LogP contribution is -2.47.